The van der Waals surface area contributed by atoms with Gasteiger partial charge in [-0.25, -0.2) is 0 Å². The number of benzene rings is 8. The van der Waals surface area contributed by atoms with E-state index in [-0.39, 0.29) is 0 Å². The molecule has 2 heteroatoms. The number of anilines is 3. The Kier molecular flexibility index (Phi) is 6.76. The summed E-state index contributed by atoms with van der Waals surface area (Å²) in [6.45, 7) is 0. The van der Waals surface area contributed by atoms with Crippen molar-refractivity contribution in [3.05, 3.63) is 209 Å². The van der Waals surface area contributed by atoms with Crippen LogP contribution in [0.3, 0.4) is 0 Å². The van der Waals surface area contributed by atoms with E-state index in [0.717, 1.165) is 41.1 Å². The van der Waals surface area contributed by atoms with Crippen LogP contribution >= 0.6 is 0 Å². The lowest BCUT2D eigenvalue weighted by Gasteiger charge is -2.40. The Balaban J connectivity index is 1.17. The van der Waals surface area contributed by atoms with Crippen LogP contribution in [0, 0.1) is 0 Å². The number of hydrogen-bond donors (Lipinski definition) is 0. The molecule has 2 nitrogen and oxygen atoms in total. The van der Waals surface area contributed by atoms with Crippen LogP contribution in [-0.2, 0) is 18.3 Å². The van der Waals surface area contributed by atoms with Gasteiger partial charge in [0.2, 0.25) is 0 Å². The van der Waals surface area contributed by atoms with Gasteiger partial charge in [0.15, 0.2) is 0 Å². The fourth-order valence-electron chi connectivity index (χ4n) is 9.50. The van der Waals surface area contributed by atoms with Crippen LogP contribution in [0.5, 0.6) is 11.5 Å². The molecule has 0 bridgehead atoms. The monoisotopic (exact) mass is 679 g/mol. The number of rotatable bonds is 4. The highest BCUT2D eigenvalue weighted by molar-refractivity contribution is 5.96. The quantitative estimate of drug-likeness (QED) is 0.184. The first kappa shape index (κ1) is 30.3. The third kappa shape index (κ3) is 4.52. The molecule has 1 spiro atoms. The normalized spacial score (nSPS) is 16.2. The Bertz CT molecular complexity index is 2710. The van der Waals surface area contributed by atoms with Gasteiger partial charge in [-0.1, -0.05) is 133 Å². The minimum atomic E-state index is -0.561. The van der Waals surface area contributed by atoms with Crippen molar-refractivity contribution in [1.82, 2.24) is 0 Å². The summed E-state index contributed by atoms with van der Waals surface area (Å²) in [5.41, 5.74) is 15.8. The molecule has 0 fully saturated rings. The van der Waals surface area contributed by atoms with E-state index in [9.17, 15) is 0 Å². The highest BCUT2D eigenvalue weighted by atomic mass is 16.5. The Morgan fingerprint density at radius 2 is 1.09 bits per heavy atom. The zero-order chi connectivity index (χ0) is 34.9. The average molecular weight is 680 g/mol. The molecule has 2 aliphatic carbocycles. The summed E-state index contributed by atoms with van der Waals surface area (Å²) >= 11 is 0. The van der Waals surface area contributed by atoms with E-state index in [2.05, 4.69) is 181 Å². The van der Waals surface area contributed by atoms with E-state index in [0.29, 0.717) is 0 Å². The summed E-state index contributed by atoms with van der Waals surface area (Å²) in [5, 5.41) is 2.31. The Labute approximate surface area is 310 Å². The first-order valence-corrected chi connectivity index (χ1v) is 18.9. The third-order valence-electron chi connectivity index (χ3n) is 11.9. The number of para-hydroxylation sites is 1. The highest BCUT2D eigenvalue weighted by Gasteiger charge is 2.51. The molecule has 11 rings (SSSR count). The minimum absolute atomic E-state index is 0.561. The van der Waals surface area contributed by atoms with Crippen molar-refractivity contribution < 1.29 is 4.74 Å². The molecular weight excluding hydrogens is 643 g/mol. The van der Waals surface area contributed by atoms with Crippen molar-refractivity contribution in [3.63, 3.8) is 0 Å². The largest absolute Gasteiger partial charge is 0.456 e. The Morgan fingerprint density at radius 1 is 0.434 bits per heavy atom. The zero-order valence-electron chi connectivity index (χ0n) is 29.4. The topological polar surface area (TPSA) is 12.5 Å². The van der Waals surface area contributed by atoms with Crippen molar-refractivity contribution in [3.8, 4) is 33.8 Å². The lowest BCUT2D eigenvalue weighted by Crippen LogP contribution is -2.32. The maximum absolute atomic E-state index is 6.91. The molecular formula is C51H37NO. The minimum Gasteiger partial charge on any atom is -0.456 e. The number of hydrogen-bond acceptors (Lipinski definition) is 2. The van der Waals surface area contributed by atoms with Gasteiger partial charge < -0.3 is 9.64 Å². The van der Waals surface area contributed by atoms with Gasteiger partial charge in [-0.15, -0.1) is 0 Å². The van der Waals surface area contributed by atoms with Crippen molar-refractivity contribution in [1.29, 1.82) is 0 Å². The van der Waals surface area contributed by atoms with Gasteiger partial charge in [-0.3, -0.25) is 0 Å². The average Bonchev–Trinajstić information content (AvgIpc) is 3.51. The van der Waals surface area contributed by atoms with Gasteiger partial charge in [-0.2, -0.15) is 0 Å². The van der Waals surface area contributed by atoms with Crippen LogP contribution in [0.25, 0.3) is 33.0 Å². The Hall–Kier alpha value is -6.38. The summed E-state index contributed by atoms with van der Waals surface area (Å²) in [6, 6.07) is 64.9. The van der Waals surface area contributed by atoms with E-state index in [1.807, 2.05) is 0 Å². The van der Waals surface area contributed by atoms with E-state index in [1.54, 1.807) is 0 Å². The molecule has 1 heterocycles. The molecule has 0 amide bonds. The molecule has 8 aromatic rings. The number of aryl methyl sites for hydroxylation is 2. The van der Waals surface area contributed by atoms with Gasteiger partial charge >= 0.3 is 0 Å². The van der Waals surface area contributed by atoms with Crippen LogP contribution in [0.4, 0.5) is 17.1 Å². The first-order valence-electron chi connectivity index (χ1n) is 18.9. The predicted octanol–water partition coefficient (Wildman–Crippen LogP) is 13.3. The van der Waals surface area contributed by atoms with Crippen molar-refractivity contribution in [2.75, 3.05) is 4.90 Å². The van der Waals surface area contributed by atoms with Crippen molar-refractivity contribution in [2.24, 2.45) is 0 Å². The summed E-state index contributed by atoms with van der Waals surface area (Å²) in [6.07, 6.45) is 4.81. The zero-order valence-corrected chi connectivity index (χ0v) is 29.4. The fourth-order valence-corrected chi connectivity index (χ4v) is 9.50. The molecule has 0 saturated carbocycles. The van der Waals surface area contributed by atoms with Gasteiger partial charge in [-0.05, 0) is 118 Å². The van der Waals surface area contributed by atoms with Gasteiger partial charge in [0.25, 0.3) is 0 Å². The maximum atomic E-state index is 6.91. The summed E-state index contributed by atoms with van der Waals surface area (Å²) in [7, 11) is 0. The lowest BCUT2D eigenvalue weighted by atomic mass is 9.65. The molecule has 252 valence electrons. The van der Waals surface area contributed by atoms with Crippen LogP contribution in [0.2, 0.25) is 0 Å². The standard InChI is InChI=1S/C51H37NO/c1-2-12-34(13-3-1)36-22-26-39(27-23-36)52(40-28-24-35-14-4-5-16-38(35)32-40)41-29-30-44-43-18-8-9-19-45(43)51(48(44)33-41)46-20-10-11-21-49(46)53-50-42-17-7-6-15-37(42)25-31-47(50)51/h1-3,6-13,15,17-33H,4-5,14,16H2. The van der Waals surface area contributed by atoms with Gasteiger partial charge in [0.1, 0.15) is 11.5 Å². The number of nitrogens with zero attached hydrogens (tertiary/aromatic N) is 1. The molecule has 3 aliphatic rings. The van der Waals surface area contributed by atoms with Crippen LogP contribution in [0.15, 0.2) is 176 Å². The van der Waals surface area contributed by atoms with Crippen LogP contribution < -0.4 is 9.64 Å². The summed E-state index contributed by atoms with van der Waals surface area (Å²) in [5.74, 6) is 1.85. The smallest absolute Gasteiger partial charge is 0.140 e. The predicted molar refractivity (Wildman–Crippen MR) is 218 cm³/mol. The van der Waals surface area contributed by atoms with Crippen molar-refractivity contribution in [2.45, 2.75) is 31.1 Å². The molecule has 1 unspecified atom stereocenters. The van der Waals surface area contributed by atoms with E-state index >= 15 is 0 Å². The van der Waals surface area contributed by atoms with E-state index in [1.165, 1.54) is 79.5 Å². The number of fused-ring (bicyclic) bond motifs is 12. The molecule has 1 aliphatic heterocycles. The second kappa shape index (κ2) is 11.8. The fraction of sp³-hybridized carbons (Fsp3) is 0.0980. The molecule has 53 heavy (non-hydrogen) atoms. The summed E-state index contributed by atoms with van der Waals surface area (Å²) < 4.78 is 6.91. The molecule has 0 radical (unpaired) electrons. The van der Waals surface area contributed by atoms with Gasteiger partial charge in [0, 0.05) is 33.6 Å². The van der Waals surface area contributed by atoms with E-state index in [4.69, 9.17) is 4.74 Å². The summed E-state index contributed by atoms with van der Waals surface area (Å²) in [4.78, 5) is 2.47. The highest BCUT2D eigenvalue weighted by Crippen LogP contribution is 2.63. The molecule has 0 aromatic heterocycles. The van der Waals surface area contributed by atoms with Gasteiger partial charge in [0.05, 0.1) is 5.41 Å². The molecule has 0 saturated heterocycles. The van der Waals surface area contributed by atoms with E-state index < -0.39 is 5.41 Å². The van der Waals surface area contributed by atoms with Crippen molar-refractivity contribution >= 4 is 27.8 Å². The van der Waals surface area contributed by atoms with Crippen LogP contribution in [-0.4, -0.2) is 0 Å². The molecule has 1 atom stereocenters. The maximum Gasteiger partial charge on any atom is 0.140 e. The second-order valence-electron chi connectivity index (χ2n) is 14.7. The lowest BCUT2D eigenvalue weighted by molar-refractivity contribution is 0.441. The second-order valence-corrected chi connectivity index (χ2v) is 14.7. The molecule has 8 aromatic carbocycles. The number of ether oxygens (including phenoxy) is 1. The van der Waals surface area contributed by atoms with Crippen LogP contribution in [0.1, 0.15) is 46.2 Å². The molecule has 0 N–H and O–H groups in total. The first-order chi connectivity index (χ1) is 26.3. The Morgan fingerprint density at radius 3 is 1.98 bits per heavy atom. The third-order valence-corrected chi connectivity index (χ3v) is 11.9. The SMILES string of the molecule is c1ccc(-c2ccc(N(c3ccc4c(c3)CCCC4)c3ccc4c(c3)C3(c5ccccc5Oc5c3ccc3ccccc53)c3ccccc3-4)cc2)cc1.